The lowest BCUT2D eigenvalue weighted by Crippen LogP contribution is -2.39. The lowest BCUT2D eigenvalue weighted by Gasteiger charge is -2.17. The summed E-state index contributed by atoms with van der Waals surface area (Å²) in [4.78, 5) is 63.6. The van der Waals surface area contributed by atoms with Crippen LogP contribution in [-0.2, 0) is 19.2 Å². The van der Waals surface area contributed by atoms with Gasteiger partial charge in [0.1, 0.15) is 6.54 Å². The van der Waals surface area contributed by atoms with E-state index in [1.165, 1.54) is 0 Å². The summed E-state index contributed by atoms with van der Waals surface area (Å²) in [5, 5.41) is 2.61. The molecule has 27 heavy (non-hydrogen) atoms. The fourth-order valence-corrected chi connectivity index (χ4v) is 3.33. The van der Waals surface area contributed by atoms with Crippen LogP contribution in [0.3, 0.4) is 0 Å². The molecular formula is C18H18N4O5. The van der Waals surface area contributed by atoms with E-state index >= 15 is 0 Å². The van der Waals surface area contributed by atoms with Crippen LogP contribution in [0.25, 0.3) is 0 Å². The lowest BCUT2D eigenvalue weighted by molar-refractivity contribution is -0.143. The molecule has 1 saturated carbocycles. The van der Waals surface area contributed by atoms with Crippen molar-refractivity contribution in [2.45, 2.75) is 31.7 Å². The minimum Gasteiger partial charge on any atom is -0.324 e. The van der Waals surface area contributed by atoms with Crippen molar-refractivity contribution in [2.75, 3.05) is 23.3 Å². The molecule has 0 radical (unpaired) electrons. The Kier molecular flexibility index (Phi) is 4.14. The number of benzene rings is 1. The molecule has 3 aliphatic rings. The number of hydrogen-bond acceptors (Lipinski definition) is 5. The number of rotatable bonds is 5. The van der Waals surface area contributed by atoms with Gasteiger partial charge in [-0.15, -0.1) is 0 Å². The van der Waals surface area contributed by atoms with Gasteiger partial charge >= 0.3 is 17.8 Å². The molecule has 0 unspecified atom stereocenters. The first-order valence-electron chi connectivity index (χ1n) is 8.85. The van der Waals surface area contributed by atoms with Crippen LogP contribution in [0.4, 0.5) is 16.2 Å². The Morgan fingerprint density at radius 2 is 1.89 bits per heavy atom. The van der Waals surface area contributed by atoms with E-state index in [1.807, 2.05) is 0 Å². The molecule has 1 aliphatic carbocycles. The molecule has 0 atom stereocenters. The Labute approximate surface area is 154 Å². The van der Waals surface area contributed by atoms with Gasteiger partial charge in [0.15, 0.2) is 0 Å². The van der Waals surface area contributed by atoms with Crippen LogP contribution in [-0.4, -0.2) is 58.6 Å². The molecule has 0 aromatic heterocycles. The summed E-state index contributed by atoms with van der Waals surface area (Å²) in [6.07, 6.45) is 2.67. The molecule has 2 saturated heterocycles. The molecular weight excluding hydrogens is 352 g/mol. The zero-order valence-corrected chi connectivity index (χ0v) is 14.5. The summed E-state index contributed by atoms with van der Waals surface area (Å²) in [5.41, 5.74) is 1.13. The normalized spacial score (nSPS) is 20.1. The molecule has 4 rings (SSSR count). The van der Waals surface area contributed by atoms with Crippen LogP contribution >= 0.6 is 0 Å². The molecule has 6 amide bonds. The predicted octanol–water partition coefficient (Wildman–Crippen LogP) is 0.705. The van der Waals surface area contributed by atoms with E-state index in [0.29, 0.717) is 42.1 Å². The Morgan fingerprint density at radius 1 is 1.11 bits per heavy atom. The predicted molar refractivity (Wildman–Crippen MR) is 93.6 cm³/mol. The fraction of sp³-hybridized carbons (Fsp3) is 0.389. The van der Waals surface area contributed by atoms with Gasteiger partial charge in [0.05, 0.1) is 0 Å². The quantitative estimate of drug-likeness (QED) is 0.607. The monoisotopic (exact) mass is 370 g/mol. The number of urea groups is 1. The minimum absolute atomic E-state index is 0.0328. The van der Waals surface area contributed by atoms with Crippen LogP contribution in [0.5, 0.6) is 0 Å². The van der Waals surface area contributed by atoms with Crippen molar-refractivity contribution in [1.82, 2.24) is 9.80 Å². The molecule has 1 aromatic carbocycles. The van der Waals surface area contributed by atoms with Gasteiger partial charge in [-0.2, -0.15) is 0 Å². The van der Waals surface area contributed by atoms with E-state index in [2.05, 4.69) is 5.32 Å². The van der Waals surface area contributed by atoms with Gasteiger partial charge in [-0.25, -0.2) is 9.69 Å². The van der Waals surface area contributed by atoms with E-state index in [4.69, 9.17) is 0 Å². The van der Waals surface area contributed by atoms with Gasteiger partial charge in [-0.05, 0) is 37.5 Å². The number of carbonyl (C=O) groups excluding carboxylic acids is 5. The number of nitrogens with one attached hydrogen (secondary N) is 1. The number of imide groups is 2. The van der Waals surface area contributed by atoms with Crippen molar-refractivity contribution < 1.29 is 24.0 Å². The zero-order valence-electron chi connectivity index (χ0n) is 14.5. The van der Waals surface area contributed by atoms with Crippen LogP contribution < -0.4 is 10.2 Å². The highest BCUT2D eigenvalue weighted by Crippen LogP contribution is 2.31. The van der Waals surface area contributed by atoms with E-state index in [1.54, 1.807) is 29.2 Å². The van der Waals surface area contributed by atoms with Crippen LogP contribution in [0.15, 0.2) is 24.3 Å². The van der Waals surface area contributed by atoms with Crippen LogP contribution in [0.2, 0.25) is 0 Å². The maximum Gasteiger partial charge on any atom is 0.334 e. The lowest BCUT2D eigenvalue weighted by atomic mass is 10.2. The third kappa shape index (κ3) is 3.16. The second-order valence-electron chi connectivity index (χ2n) is 6.83. The number of carbonyl (C=O) groups is 5. The van der Waals surface area contributed by atoms with Crippen molar-refractivity contribution in [2.24, 2.45) is 0 Å². The van der Waals surface area contributed by atoms with Gasteiger partial charge in [-0.3, -0.25) is 24.1 Å². The van der Waals surface area contributed by atoms with Gasteiger partial charge in [0.25, 0.3) is 0 Å². The van der Waals surface area contributed by atoms with Crippen LogP contribution in [0, 0.1) is 0 Å². The molecule has 1 N–H and O–H groups in total. The highest BCUT2D eigenvalue weighted by molar-refractivity contribution is 6.45. The summed E-state index contributed by atoms with van der Waals surface area (Å²) in [5.74, 6) is -2.40. The van der Waals surface area contributed by atoms with Gasteiger partial charge in [-0.1, -0.05) is 6.07 Å². The molecule has 9 nitrogen and oxygen atoms in total. The van der Waals surface area contributed by atoms with Gasteiger partial charge < -0.3 is 10.2 Å². The summed E-state index contributed by atoms with van der Waals surface area (Å²) >= 11 is 0. The third-order valence-corrected chi connectivity index (χ3v) is 4.81. The van der Waals surface area contributed by atoms with Crippen molar-refractivity contribution >= 4 is 41.0 Å². The van der Waals surface area contributed by atoms with Crippen molar-refractivity contribution in [3.63, 3.8) is 0 Å². The standard InChI is InChI=1S/C18H18N4O5/c23-14(10-21-16(25)17(26)22(18(21)27)12-6-7-12)19-11-3-1-4-13(9-11)20-8-2-5-15(20)24/h1,3-4,9,12H,2,5-8,10H2,(H,19,23). The second kappa shape index (κ2) is 6.49. The van der Waals surface area contributed by atoms with E-state index in [0.717, 1.165) is 11.3 Å². The molecule has 140 valence electrons. The summed E-state index contributed by atoms with van der Waals surface area (Å²) in [7, 11) is 0. The Hall–Kier alpha value is -3.23. The first kappa shape index (κ1) is 17.2. The Morgan fingerprint density at radius 3 is 2.56 bits per heavy atom. The highest BCUT2D eigenvalue weighted by atomic mass is 16.2. The maximum atomic E-state index is 12.3. The first-order valence-corrected chi connectivity index (χ1v) is 8.85. The molecule has 2 aliphatic heterocycles. The average molecular weight is 370 g/mol. The fourth-order valence-electron chi connectivity index (χ4n) is 3.33. The molecule has 9 heteroatoms. The zero-order chi connectivity index (χ0) is 19.1. The smallest absolute Gasteiger partial charge is 0.324 e. The van der Waals surface area contributed by atoms with E-state index in [-0.39, 0.29) is 11.9 Å². The number of anilines is 2. The highest BCUT2D eigenvalue weighted by Gasteiger charge is 2.51. The van der Waals surface area contributed by atoms with Gasteiger partial charge in [0.2, 0.25) is 11.8 Å². The number of hydrogen-bond donors (Lipinski definition) is 1. The minimum atomic E-state index is -0.974. The number of amides is 6. The van der Waals surface area contributed by atoms with Crippen LogP contribution in [0.1, 0.15) is 25.7 Å². The van der Waals surface area contributed by atoms with E-state index < -0.39 is 30.3 Å². The maximum absolute atomic E-state index is 12.3. The van der Waals surface area contributed by atoms with Crippen molar-refractivity contribution in [3.05, 3.63) is 24.3 Å². The van der Waals surface area contributed by atoms with E-state index in [9.17, 15) is 24.0 Å². The SMILES string of the molecule is O=C(CN1C(=O)C(=O)N(C2CC2)C1=O)Nc1cccc(N2CCCC2=O)c1. The summed E-state index contributed by atoms with van der Waals surface area (Å²) in [6, 6.07) is 5.84. The Bertz CT molecular complexity index is 863. The molecule has 0 spiro atoms. The average Bonchev–Trinajstić information content (AvgIpc) is 3.34. The first-order chi connectivity index (χ1) is 13.0. The largest absolute Gasteiger partial charge is 0.334 e. The molecule has 0 bridgehead atoms. The molecule has 2 heterocycles. The summed E-state index contributed by atoms with van der Waals surface area (Å²) in [6.45, 7) is 0.103. The van der Waals surface area contributed by atoms with Gasteiger partial charge in [0, 0.05) is 30.4 Å². The summed E-state index contributed by atoms with van der Waals surface area (Å²) < 4.78 is 0. The van der Waals surface area contributed by atoms with Crippen molar-refractivity contribution in [1.29, 1.82) is 0 Å². The Balaban J connectivity index is 1.42. The number of nitrogens with zero attached hydrogens (tertiary/aromatic N) is 3. The topological polar surface area (TPSA) is 107 Å². The molecule has 3 fully saturated rings. The second-order valence-corrected chi connectivity index (χ2v) is 6.83. The van der Waals surface area contributed by atoms with Crippen molar-refractivity contribution in [3.8, 4) is 0 Å². The third-order valence-electron chi connectivity index (χ3n) is 4.81. The molecule has 1 aromatic rings.